The number of aromatic nitrogens is 3. The summed E-state index contributed by atoms with van der Waals surface area (Å²) in [6.45, 7) is 0. The molecule has 2 unspecified atom stereocenters. The molecule has 0 aromatic carbocycles. The van der Waals surface area contributed by atoms with E-state index >= 15 is 0 Å². The van der Waals surface area contributed by atoms with Gasteiger partial charge in [0.2, 0.25) is 0 Å². The van der Waals surface area contributed by atoms with Crippen molar-refractivity contribution in [1.82, 2.24) is 20.4 Å². The molecule has 5 nitrogen and oxygen atoms in total. The molecular weight excluding hydrogens is 278 g/mol. The Hall–Kier alpha value is -0.110. The Morgan fingerprint density at radius 1 is 1.73 bits per heavy atom. The third-order valence-corrected chi connectivity index (χ3v) is 4.49. The van der Waals surface area contributed by atoms with Gasteiger partial charge in [0.15, 0.2) is 4.60 Å². The van der Waals surface area contributed by atoms with Crippen LogP contribution in [0.5, 0.6) is 0 Å². The summed E-state index contributed by atoms with van der Waals surface area (Å²) in [6, 6.07) is 0.134. The molecular formula is C8H14BrN5S. The number of halogens is 1. The zero-order valence-corrected chi connectivity index (χ0v) is 10.9. The number of thioether (sulfide) groups is 1. The van der Waals surface area contributed by atoms with E-state index in [1.54, 1.807) is 4.68 Å². The van der Waals surface area contributed by atoms with Crippen molar-refractivity contribution in [2.24, 2.45) is 18.8 Å². The Balaban J connectivity index is 2.25. The zero-order chi connectivity index (χ0) is 10.8. The van der Waals surface area contributed by atoms with Crippen LogP contribution in [0.2, 0.25) is 0 Å². The van der Waals surface area contributed by atoms with Crippen LogP contribution >= 0.6 is 27.7 Å². The van der Waals surface area contributed by atoms with Gasteiger partial charge in [-0.1, -0.05) is 5.21 Å². The fourth-order valence-corrected chi connectivity index (χ4v) is 3.79. The van der Waals surface area contributed by atoms with Crippen molar-refractivity contribution in [3.8, 4) is 0 Å². The molecule has 2 rings (SSSR count). The minimum absolute atomic E-state index is 0.134. The van der Waals surface area contributed by atoms with E-state index in [-0.39, 0.29) is 6.04 Å². The summed E-state index contributed by atoms with van der Waals surface area (Å²) in [5, 5.41) is 7.96. The van der Waals surface area contributed by atoms with E-state index in [1.165, 1.54) is 12.2 Å². The lowest BCUT2D eigenvalue weighted by Crippen LogP contribution is -2.35. The van der Waals surface area contributed by atoms with E-state index in [0.717, 1.165) is 16.0 Å². The van der Waals surface area contributed by atoms with Gasteiger partial charge in [-0.2, -0.15) is 11.8 Å². The van der Waals surface area contributed by atoms with Crippen LogP contribution in [-0.2, 0) is 7.05 Å². The molecule has 1 aliphatic rings. The second-order valence-electron chi connectivity index (χ2n) is 3.66. The quantitative estimate of drug-likeness (QED) is 0.638. The standard InChI is InChI=1S/C8H14BrN5S/c1-14-7(8(9)12-13-14)6(11-10)5-2-3-15-4-5/h5-6,11H,2-4,10H2,1H3. The molecule has 1 aromatic heterocycles. The summed E-state index contributed by atoms with van der Waals surface area (Å²) in [4.78, 5) is 0. The van der Waals surface area contributed by atoms with Crippen LogP contribution in [-0.4, -0.2) is 26.5 Å². The van der Waals surface area contributed by atoms with Gasteiger partial charge in [-0.3, -0.25) is 11.3 Å². The average Bonchev–Trinajstić information content (AvgIpc) is 2.83. The van der Waals surface area contributed by atoms with Crippen LogP contribution in [0.4, 0.5) is 0 Å². The maximum atomic E-state index is 5.63. The smallest absolute Gasteiger partial charge is 0.153 e. The molecule has 7 heteroatoms. The molecule has 2 atom stereocenters. The topological polar surface area (TPSA) is 68.8 Å². The Morgan fingerprint density at radius 3 is 3.00 bits per heavy atom. The lowest BCUT2D eigenvalue weighted by molar-refractivity contribution is 0.378. The molecule has 0 saturated carbocycles. The first kappa shape index (κ1) is 11.4. The lowest BCUT2D eigenvalue weighted by atomic mass is 9.97. The molecule has 0 radical (unpaired) electrons. The van der Waals surface area contributed by atoms with Crippen LogP contribution < -0.4 is 11.3 Å². The van der Waals surface area contributed by atoms with Crippen molar-refractivity contribution in [3.63, 3.8) is 0 Å². The Bertz CT molecular complexity index is 316. The number of nitrogens with one attached hydrogen (secondary N) is 1. The van der Waals surface area contributed by atoms with E-state index in [0.29, 0.717) is 5.92 Å². The van der Waals surface area contributed by atoms with Gasteiger partial charge >= 0.3 is 0 Å². The van der Waals surface area contributed by atoms with E-state index in [4.69, 9.17) is 5.84 Å². The van der Waals surface area contributed by atoms with Crippen LogP contribution in [0.15, 0.2) is 4.60 Å². The average molecular weight is 292 g/mol. The maximum Gasteiger partial charge on any atom is 0.153 e. The van der Waals surface area contributed by atoms with Gasteiger partial charge in [0.25, 0.3) is 0 Å². The number of nitrogens with two attached hydrogens (primary N) is 1. The molecule has 2 heterocycles. The highest BCUT2D eigenvalue weighted by Crippen LogP contribution is 2.35. The van der Waals surface area contributed by atoms with E-state index in [2.05, 4.69) is 31.7 Å². The predicted molar refractivity (Wildman–Crippen MR) is 64.2 cm³/mol. The number of hydrazine groups is 1. The van der Waals surface area contributed by atoms with Crippen LogP contribution in [0.1, 0.15) is 18.2 Å². The summed E-state index contributed by atoms with van der Waals surface area (Å²) in [6.07, 6.45) is 1.19. The van der Waals surface area contributed by atoms with Crippen LogP contribution in [0, 0.1) is 5.92 Å². The van der Waals surface area contributed by atoms with Crippen molar-refractivity contribution >= 4 is 27.7 Å². The highest BCUT2D eigenvalue weighted by Gasteiger charge is 2.30. The SMILES string of the molecule is Cn1nnc(Br)c1C(NN)C1CCSC1. The molecule has 0 aliphatic carbocycles. The number of hydrogen-bond acceptors (Lipinski definition) is 5. The molecule has 1 fully saturated rings. The molecule has 0 amide bonds. The Labute approximate surface area is 101 Å². The van der Waals surface area contributed by atoms with Crippen molar-refractivity contribution in [2.75, 3.05) is 11.5 Å². The Kier molecular flexibility index (Phi) is 3.65. The van der Waals surface area contributed by atoms with Gasteiger partial charge < -0.3 is 0 Å². The van der Waals surface area contributed by atoms with Crippen molar-refractivity contribution < 1.29 is 0 Å². The normalized spacial score (nSPS) is 23.3. The lowest BCUT2D eigenvalue weighted by Gasteiger charge is -2.21. The first-order chi connectivity index (χ1) is 7.24. The summed E-state index contributed by atoms with van der Waals surface area (Å²) in [7, 11) is 1.89. The minimum atomic E-state index is 0.134. The van der Waals surface area contributed by atoms with Crippen molar-refractivity contribution in [3.05, 3.63) is 10.3 Å². The van der Waals surface area contributed by atoms with Gasteiger partial charge in [-0.25, -0.2) is 4.68 Å². The number of rotatable bonds is 3. The fraction of sp³-hybridized carbons (Fsp3) is 0.750. The summed E-state index contributed by atoms with van der Waals surface area (Å²) in [5.41, 5.74) is 3.92. The highest BCUT2D eigenvalue weighted by molar-refractivity contribution is 9.10. The second-order valence-corrected chi connectivity index (χ2v) is 5.56. The Morgan fingerprint density at radius 2 is 2.53 bits per heavy atom. The third-order valence-electron chi connectivity index (χ3n) is 2.74. The van der Waals surface area contributed by atoms with Gasteiger partial charge in [0, 0.05) is 7.05 Å². The molecule has 84 valence electrons. The maximum absolute atomic E-state index is 5.63. The van der Waals surface area contributed by atoms with Gasteiger partial charge in [0.05, 0.1) is 11.7 Å². The molecule has 0 bridgehead atoms. The van der Waals surface area contributed by atoms with Gasteiger partial charge in [0.1, 0.15) is 0 Å². The molecule has 1 aromatic rings. The highest BCUT2D eigenvalue weighted by atomic mass is 79.9. The van der Waals surface area contributed by atoms with Crippen molar-refractivity contribution in [2.45, 2.75) is 12.5 Å². The van der Waals surface area contributed by atoms with E-state index in [1.807, 2.05) is 18.8 Å². The first-order valence-electron chi connectivity index (χ1n) is 4.83. The fourth-order valence-electron chi connectivity index (χ4n) is 1.92. The molecule has 1 aliphatic heterocycles. The number of hydrogen-bond donors (Lipinski definition) is 2. The van der Waals surface area contributed by atoms with Crippen molar-refractivity contribution in [1.29, 1.82) is 0 Å². The van der Waals surface area contributed by atoms with Gasteiger partial charge in [-0.15, -0.1) is 5.10 Å². The number of nitrogens with zero attached hydrogens (tertiary/aromatic N) is 3. The first-order valence-corrected chi connectivity index (χ1v) is 6.77. The number of aryl methyl sites for hydroxylation is 1. The largest absolute Gasteiger partial charge is 0.271 e. The predicted octanol–water partition coefficient (Wildman–Crippen LogP) is 0.835. The molecule has 1 saturated heterocycles. The minimum Gasteiger partial charge on any atom is -0.271 e. The third kappa shape index (κ3) is 2.20. The van der Waals surface area contributed by atoms with Gasteiger partial charge in [-0.05, 0) is 39.8 Å². The molecule has 15 heavy (non-hydrogen) atoms. The van der Waals surface area contributed by atoms with E-state index < -0.39 is 0 Å². The zero-order valence-electron chi connectivity index (χ0n) is 8.48. The summed E-state index contributed by atoms with van der Waals surface area (Å²) in [5.74, 6) is 8.56. The molecule has 0 spiro atoms. The summed E-state index contributed by atoms with van der Waals surface area (Å²) < 4.78 is 2.56. The second kappa shape index (κ2) is 4.82. The van der Waals surface area contributed by atoms with E-state index in [9.17, 15) is 0 Å². The van der Waals surface area contributed by atoms with Crippen LogP contribution in [0.3, 0.4) is 0 Å². The van der Waals surface area contributed by atoms with Crippen LogP contribution in [0.25, 0.3) is 0 Å². The monoisotopic (exact) mass is 291 g/mol. The molecule has 3 N–H and O–H groups in total. The summed E-state index contributed by atoms with van der Waals surface area (Å²) >= 11 is 5.38.